The molecule has 6 nitrogen and oxygen atoms in total. The molecule has 2 heterocycles. The second kappa shape index (κ2) is 4.56. The van der Waals surface area contributed by atoms with Crippen LogP contribution in [0.25, 0.3) is 11.2 Å². The fourth-order valence-corrected chi connectivity index (χ4v) is 2.00. The topological polar surface area (TPSA) is 95.6 Å². The Bertz CT molecular complexity index is 701. The summed E-state index contributed by atoms with van der Waals surface area (Å²) in [6, 6.07) is 7.86. The zero-order valence-electron chi connectivity index (χ0n) is 10.3. The van der Waals surface area contributed by atoms with E-state index in [0.717, 1.165) is 24.3 Å². The van der Waals surface area contributed by atoms with Crippen LogP contribution in [0.4, 0.5) is 11.5 Å². The Hall–Kier alpha value is -2.63. The molecule has 0 unspecified atom stereocenters. The van der Waals surface area contributed by atoms with Gasteiger partial charge >= 0.3 is 0 Å². The fourth-order valence-electron chi connectivity index (χ4n) is 2.00. The molecule has 0 atom stereocenters. The number of rotatable bonds is 3. The minimum atomic E-state index is 0.413. The van der Waals surface area contributed by atoms with E-state index < -0.39 is 0 Å². The molecule has 0 aliphatic heterocycles. The summed E-state index contributed by atoms with van der Waals surface area (Å²) in [5.74, 6) is 0.413. The zero-order chi connectivity index (χ0) is 13.2. The van der Waals surface area contributed by atoms with E-state index in [4.69, 9.17) is 11.5 Å². The van der Waals surface area contributed by atoms with E-state index in [1.165, 1.54) is 11.9 Å². The van der Waals surface area contributed by atoms with Gasteiger partial charge in [0.25, 0.3) is 0 Å². The maximum atomic E-state index is 5.75. The van der Waals surface area contributed by atoms with E-state index in [2.05, 4.69) is 15.0 Å². The van der Waals surface area contributed by atoms with Gasteiger partial charge in [0.15, 0.2) is 11.5 Å². The van der Waals surface area contributed by atoms with Gasteiger partial charge in [-0.3, -0.25) is 0 Å². The van der Waals surface area contributed by atoms with E-state index in [0.29, 0.717) is 11.3 Å². The average molecular weight is 254 g/mol. The SMILES string of the molecule is Nc1ccc(CCn2cnc3c(N)ncnc32)cc1. The van der Waals surface area contributed by atoms with Crippen molar-refractivity contribution in [1.82, 2.24) is 19.5 Å². The smallest absolute Gasteiger partial charge is 0.165 e. The summed E-state index contributed by atoms with van der Waals surface area (Å²) >= 11 is 0. The minimum absolute atomic E-state index is 0.413. The van der Waals surface area contributed by atoms with Crippen LogP contribution in [-0.4, -0.2) is 19.5 Å². The molecule has 19 heavy (non-hydrogen) atoms. The number of hydrogen-bond donors (Lipinski definition) is 2. The van der Waals surface area contributed by atoms with Crippen molar-refractivity contribution in [3.05, 3.63) is 42.5 Å². The van der Waals surface area contributed by atoms with Crippen LogP contribution in [0, 0.1) is 0 Å². The molecule has 6 heteroatoms. The predicted molar refractivity (Wildman–Crippen MR) is 74.3 cm³/mol. The molecule has 4 N–H and O–H groups in total. The first-order valence-corrected chi connectivity index (χ1v) is 6.00. The Kier molecular flexibility index (Phi) is 2.75. The number of fused-ring (bicyclic) bond motifs is 1. The van der Waals surface area contributed by atoms with E-state index in [-0.39, 0.29) is 0 Å². The zero-order valence-corrected chi connectivity index (χ0v) is 10.3. The maximum Gasteiger partial charge on any atom is 0.165 e. The lowest BCUT2D eigenvalue weighted by molar-refractivity contribution is 0.709. The quantitative estimate of drug-likeness (QED) is 0.685. The van der Waals surface area contributed by atoms with Gasteiger partial charge in [-0.15, -0.1) is 0 Å². The van der Waals surface area contributed by atoms with Gasteiger partial charge in [-0.2, -0.15) is 0 Å². The number of imidazole rings is 1. The highest BCUT2D eigenvalue weighted by Gasteiger charge is 2.07. The largest absolute Gasteiger partial charge is 0.399 e. The molecule has 0 amide bonds. The van der Waals surface area contributed by atoms with Gasteiger partial charge < -0.3 is 16.0 Å². The molecule has 0 aliphatic rings. The molecular weight excluding hydrogens is 240 g/mol. The van der Waals surface area contributed by atoms with Crippen molar-refractivity contribution in [3.63, 3.8) is 0 Å². The third kappa shape index (κ3) is 2.20. The lowest BCUT2D eigenvalue weighted by Crippen LogP contribution is -2.02. The molecule has 0 spiro atoms. The molecule has 1 aromatic carbocycles. The van der Waals surface area contributed by atoms with Gasteiger partial charge in [0.05, 0.1) is 6.33 Å². The fraction of sp³-hybridized carbons (Fsp3) is 0.154. The van der Waals surface area contributed by atoms with Crippen LogP contribution in [0.3, 0.4) is 0 Å². The third-order valence-electron chi connectivity index (χ3n) is 3.05. The van der Waals surface area contributed by atoms with E-state index in [1.54, 1.807) is 6.33 Å². The lowest BCUT2D eigenvalue weighted by Gasteiger charge is -2.04. The first-order valence-electron chi connectivity index (χ1n) is 6.00. The lowest BCUT2D eigenvalue weighted by atomic mass is 10.1. The van der Waals surface area contributed by atoms with Gasteiger partial charge in [-0.25, -0.2) is 15.0 Å². The second-order valence-electron chi connectivity index (χ2n) is 4.36. The number of nitrogens with zero attached hydrogens (tertiary/aromatic N) is 4. The Morgan fingerprint density at radius 3 is 2.58 bits per heavy atom. The standard InChI is InChI=1S/C13H14N6/c14-10-3-1-9(2-4-10)5-6-19-8-18-11-12(15)16-7-17-13(11)19/h1-4,7-8H,5-6,14H2,(H2,15,16,17). The number of hydrogen-bond acceptors (Lipinski definition) is 5. The Morgan fingerprint density at radius 1 is 1.00 bits per heavy atom. The van der Waals surface area contributed by atoms with Crippen molar-refractivity contribution in [1.29, 1.82) is 0 Å². The van der Waals surface area contributed by atoms with E-state index >= 15 is 0 Å². The summed E-state index contributed by atoms with van der Waals surface area (Å²) in [5.41, 5.74) is 14.8. The van der Waals surface area contributed by atoms with Gasteiger partial charge in [-0.05, 0) is 24.1 Å². The minimum Gasteiger partial charge on any atom is -0.399 e. The van der Waals surface area contributed by atoms with Crippen LogP contribution >= 0.6 is 0 Å². The van der Waals surface area contributed by atoms with Crippen LogP contribution < -0.4 is 11.5 Å². The van der Waals surface area contributed by atoms with Crippen molar-refractivity contribution in [2.45, 2.75) is 13.0 Å². The van der Waals surface area contributed by atoms with Crippen LogP contribution in [0.5, 0.6) is 0 Å². The predicted octanol–water partition coefficient (Wildman–Crippen LogP) is 1.23. The molecule has 0 radical (unpaired) electrons. The second-order valence-corrected chi connectivity index (χ2v) is 4.36. The summed E-state index contributed by atoms with van der Waals surface area (Å²) in [7, 11) is 0. The highest BCUT2D eigenvalue weighted by molar-refractivity contribution is 5.81. The third-order valence-corrected chi connectivity index (χ3v) is 3.05. The molecule has 96 valence electrons. The first kappa shape index (κ1) is 11.5. The van der Waals surface area contributed by atoms with Crippen LogP contribution in [0.15, 0.2) is 36.9 Å². The Morgan fingerprint density at radius 2 is 1.79 bits per heavy atom. The van der Waals surface area contributed by atoms with Crippen molar-refractivity contribution in [2.24, 2.45) is 0 Å². The van der Waals surface area contributed by atoms with Crippen molar-refractivity contribution >= 4 is 22.7 Å². The molecule has 3 aromatic rings. The average Bonchev–Trinajstić information content (AvgIpc) is 2.83. The number of aromatic nitrogens is 4. The summed E-state index contributed by atoms with van der Waals surface area (Å²) < 4.78 is 1.98. The molecule has 0 saturated carbocycles. The first-order chi connectivity index (χ1) is 9.24. The van der Waals surface area contributed by atoms with Crippen molar-refractivity contribution < 1.29 is 0 Å². The molecular formula is C13H14N6. The number of anilines is 2. The van der Waals surface area contributed by atoms with Crippen LogP contribution in [-0.2, 0) is 13.0 Å². The number of nitrogens with two attached hydrogens (primary N) is 2. The Labute approximate surface area is 110 Å². The number of nitrogen functional groups attached to an aromatic ring is 2. The normalized spacial score (nSPS) is 10.9. The summed E-state index contributed by atoms with van der Waals surface area (Å²) in [5, 5.41) is 0. The molecule has 3 rings (SSSR count). The molecule has 0 bridgehead atoms. The molecule has 0 fully saturated rings. The summed E-state index contributed by atoms with van der Waals surface area (Å²) in [4.78, 5) is 12.4. The highest BCUT2D eigenvalue weighted by Crippen LogP contribution is 2.15. The molecule has 0 saturated heterocycles. The summed E-state index contributed by atoms with van der Waals surface area (Å²) in [6.07, 6.45) is 4.09. The van der Waals surface area contributed by atoms with Crippen molar-refractivity contribution in [3.8, 4) is 0 Å². The van der Waals surface area contributed by atoms with Gasteiger partial charge in [-0.1, -0.05) is 12.1 Å². The van der Waals surface area contributed by atoms with Crippen LogP contribution in [0.2, 0.25) is 0 Å². The Balaban J connectivity index is 1.82. The number of aryl methyl sites for hydroxylation is 2. The van der Waals surface area contributed by atoms with Gasteiger partial charge in [0.1, 0.15) is 11.8 Å². The monoisotopic (exact) mass is 254 g/mol. The van der Waals surface area contributed by atoms with Crippen LogP contribution in [0.1, 0.15) is 5.56 Å². The van der Waals surface area contributed by atoms with E-state index in [9.17, 15) is 0 Å². The highest BCUT2D eigenvalue weighted by atomic mass is 15.1. The molecule has 2 aromatic heterocycles. The van der Waals surface area contributed by atoms with Gasteiger partial charge in [0.2, 0.25) is 0 Å². The maximum absolute atomic E-state index is 5.75. The number of benzene rings is 1. The van der Waals surface area contributed by atoms with E-state index in [1.807, 2.05) is 28.8 Å². The molecule has 0 aliphatic carbocycles. The van der Waals surface area contributed by atoms with Crippen molar-refractivity contribution in [2.75, 3.05) is 11.5 Å². The summed E-state index contributed by atoms with van der Waals surface area (Å²) in [6.45, 7) is 0.789. The van der Waals surface area contributed by atoms with Gasteiger partial charge in [0, 0.05) is 12.2 Å².